The lowest BCUT2D eigenvalue weighted by Gasteiger charge is -1.98. The van der Waals surface area contributed by atoms with Crippen molar-refractivity contribution in [3.8, 4) is 5.75 Å². The van der Waals surface area contributed by atoms with E-state index in [1.807, 2.05) is 36.4 Å². The van der Waals surface area contributed by atoms with Crippen LogP contribution in [0.1, 0.15) is 12.0 Å². The second-order valence-electron chi connectivity index (χ2n) is 2.69. The molecule has 0 aromatic heterocycles. The van der Waals surface area contributed by atoms with E-state index in [9.17, 15) is 0 Å². The van der Waals surface area contributed by atoms with Crippen LogP contribution >= 0.6 is 0 Å². The first-order valence-electron chi connectivity index (χ1n) is 4.28. The molecule has 0 fully saturated rings. The van der Waals surface area contributed by atoms with E-state index < -0.39 is 0 Å². The summed E-state index contributed by atoms with van der Waals surface area (Å²) in [4.78, 5) is 0. The third kappa shape index (κ3) is 3.30. The summed E-state index contributed by atoms with van der Waals surface area (Å²) in [5.41, 5.74) is 1.12. The summed E-state index contributed by atoms with van der Waals surface area (Å²) in [6.07, 6.45) is 4.63. The minimum atomic E-state index is 0.201. The number of aliphatic hydroxyl groups is 1. The average Bonchev–Trinajstić information content (AvgIpc) is 2.19. The molecule has 1 rings (SSSR count). The van der Waals surface area contributed by atoms with Gasteiger partial charge < -0.3 is 9.84 Å². The molecule has 0 saturated heterocycles. The van der Waals surface area contributed by atoms with Crippen LogP contribution in [0, 0.1) is 0 Å². The Morgan fingerprint density at radius 2 is 2.00 bits per heavy atom. The molecular formula is C11H14O2. The summed E-state index contributed by atoms with van der Waals surface area (Å²) in [6, 6.07) is 7.79. The molecule has 0 atom stereocenters. The third-order valence-electron chi connectivity index (χ3n) is 1.72. The SMILES string of the molecule is COc1ccc(/C=C\CCO)cc1. The normalized spacial score (nSPS) is 10.6. The summed E-state index contributed by atoms with van der Waals surface area (Å²) in [5.74, 6) is 0.860. The maximum absolute atomic E-state index is 8.56. The number of methoxy groups -OCH3 is 1. The molecule has 0 heterocycles. The van der Waals surface area contributed by atoms with Gasteiger partial charge in [-0.25, -0.2) is 0 Å². The molecule has 0 unspecified atom stereocenters. The maximum atomic E-state index is 8.56. The molecule has 0 saturated carbocycles. The zero-order valence-corrected chi connectivity index (χ0v) is 7.73. The quantitative estimate of drug-likeness (QED) is 0.765. The van der Waals surface area contributed by atoms with Crippen molar-refractivity contribution in [1.29, 1.82) is 0 Å². The fourth-order valence-electron chi connectivity index (χ4n) is 1.01. The Bertz CT molecular complexity index is 262. The number of benzene rings is 1. The van der Waals surface area contributed by atoms with Gasteiger partial charge in [0.25, 0.3) is 0 Å². The molecule has 0 radical (unpaired) electrons. The predicted octanol–water partition coefficient (Wildman–Crippen LogP) is 2.09. The molecule has 0 amide bonds. The zero-order valence-electron chi connectivity index (χ0n) is 7.73. The highest BCUT2D eigenvalue weighted by molar-refractivity contribution is 5.50. The van der Waals surface area contributed by atoms with Gasteiger partial charge in [0.15, 0.2) is 0 Å². The van der Waals surface area contributed by atoms with Crippen LogP contribution in [-0.2, 0) is 0 Å². The summed E-state index contributed by atoms with van der Waals surface area (Å²) in [5, 5.41) is 8.56. The number of rotatable bonds is 4. The van der Waals surface area contributed by atoms with Gasteiger partial charge in [-0.15, -0.1) is 0 Å². The second-order valence-corrected chi connectivity index (χ2v) is 2.69. The van der Waals surface area contributed by atoms with Crippen molar-refractivity contribution in [1.82, 2.24) is 0 Å². The van der Waals surface area contributed by atoms with E-state index in [0.29, 0.717) is 6.42 Å². The second kappa shape index (κ2) is 5.38. The highest BCUT2D eigenvalue weighted by Crippen LogP contribution is 2.12. The molecule has 0 spiro atoms. The molecule has 1 aromatic rings. The minimum Gasteiger partial charge on any atom is -0.497 e. The lowest BCUT2D eigenvalue weighted by Crippen LogP contribution is -1.81. The number of hydrogen-bond acceptors (Lipinski definition) is 2. The smallest absolute Gasteiger partial charge is 0.118 e. The van der Waals surface area contributed by atoms with Crippen LogP contribution in [0.4, 0.5) is 0 Å². The molecule has 0 aliphatic heterocycles. The standard InChI is InChI=1S/C11H14O2/c1-13-11-7-5-10(6-8-11)4-2-3-9-12/h2,4-8,12H,3,9H2,1H3/b4-2-. The summed E-state index contributed by atoms with van der Waals surface area (Å²) >= 11 is 0. The number of hydrogen-bond donors (Lipinski definition) is 1. The summed E-state index contributed by atoms with van der Waals surface area (Å²) in [7, 11) is 1.65. The first kappa shape index (κ1) is 9.81. The van der Waals surface area contributed by atoms with Gasteiger partial charge in [0.05, 0.1) is 7.11 Å². The molecule has 1 aromatic carbocycles. The van der Waals surface area contributed by atoms with E-state index in [-0.39, 0.29) is 6.61 Å². The number of aliphatic hydroxyl groups excluding tert-OH is 1. The zero-order chi connectivity index (χ0) is 9.52. The van der Waals surface area contributed by atoms with Crippen molar-refractivity contribution in [2.75, 3.05) is 13.7 Å². The maximum Gasteiger partial charge on any atom is 0.118 e. The van der Waals surface area contributed by atoms with Gasteiger partial charge in [-0.3, -0.25) is 0 Å². The topological polar surface area (TPSA) is 29.5 Å². The lowest BCUT2D eigenvalue weighted by atomic mass is 10.2. The van der Waals surface area contributed by atoms with E-state index >= 15 is 0 Å². The van der Waals surface area contributed by atoms with E-state index in [0.717, 1.165) is 11.3 Å². The van der Waals surface area contributed by atoms with Gasteiger partial charge in [-0.1, -0.05) is 24.3 Å². The largest absolute Gasteiger partial charge is 0.497 e. The molecule has 1 N–H and O–H groups in total. The molecule has 0 bridgehead atoms. The van der Waals surface area contributed by atoms with E-state index in [1.165, 1.54) is 0 Å². The van der Waals surface area contributed by atoms with Gasteiger partial charge in [0.1, 0.15) is 5.75 Å². The Balaban J connectivity index is 2.58. The monoisotopic (exact) mass is 178 g/mol. The Hall–Kier alpha value is -1.28. The molecular weight excluding hydrogens is 164 g/mol. The van der Waals surface area contributed by atoms with Gasteiger partial charge in [-0.05, 0) is 24.1 Å². The average molecular weight is 178 g/mol. The van der Waals surface area contributed by atoms with Crippen molar-refractivity contribution >= 4 is 6.08 Å². The van der Waals surface area contributed by atoms with E-state index in [4.69, 9.17) is 9.84 Å². The Kier molecular flexibility index (Phi) is 4.06. The van der Waals surface area contributed by atoms with Crippen LogP contribution in [0.5, 0.6) is 5.75 Å². The fraction of sp³-hybridized carbons (Fsp3) is 0.273. The molecule has 0 aliphatic rings. The highest BCUT2D eigenvalue weighted by Gasteiger charge is 1.88. The van der Waals surface area contributed by atoms with Crippen molar-refractivity contribution in [2.45, 2.75) is 6.42 Å². The van der Waals surface area contributed by atoms with Crippen LogP contribution in [0.2, 0.25) is 0 Å². The van der Waals surface area contributed by atoms with Crippen LogP contribution in [-0.4, -0.2) is 18.8 Å². The fourth-order valence-corrected chi connectivity index (χ4v) is 1.01. The van der Waals surface area contributed by atoms with Crippen molar-refractivity contribution in [3.63, 3.8) is 0 Å². The first-order valence-corrected chi connectivity index (χ1v) is 4.28. The molecule has 70 valence electrons. The van der Waals surface area contributed by atoms with Crippen molar-refractivity contribution < 1.29 is 9.84 Å². The third-order valence-corrected chi connectivity index (χ3v) is 1.72. The Morgan fingerprint density at radius 3 is 2.54 bits per heavy atom. The van der Waals surface area contributed by atoms with Gasteiger partial charge >= 0.3 is 0 Å². The van der Waals surface area contributed by atoms with E-state index in [1.54, 1.807) is 7.11 Å². The van der Waals surface area contributed by atoms with Gasteiger partial charge in [0.2, 0.25) is 0 Å². The summed E-state index contributed by atoms with van der Waals surface area (Å²) in [6.45, 7) is 0.201. The van der Waals surface area contributed by atoms with Crippen molar-refractivity contribution in [2.24, 2.45) is 0 Å². The van der Waals surface area contributed by atoms with Gasteiger partial charge in [-0.2, -0.15) is 0 Å². The van der Waals surface area contributed by atoms with E-state index in [2.05, 4.69) is 0 Å². The Morgan fingerprint density at radius 1 is 1.31 bits per heavy atom. The van der Waals surface area contributed by atoms with Gasteiger partial charge in [0, 0.05) is 6.61 Å². The van der Waals surface area contributed by atoms with Crippen LogP contribution in [0.15, 0.2) is 30.3 Å². The number of ether oxygens (including phenoxy) is 1. The highest BCUT2D eigenvalue weighted by atomic mass is 16.5. The molecule has 0 aliphatic carbocycles. The minimum absolute atomic E-state index is 0.201. The van der Waals surface area contributed by atoms with Crippen molar-refractivity contribution in [3.05, 3.63) is 35.9 Å². The van der Waals surface area contributed by atoms with Crippen LogP contribution in [0.25, 0.3) is 6.08 Å². The molecule has 2 nitrogen and oxygen atoms in total. The summed E-state index contributed by atoms with van der Waals surface area (Å²) < 4.78 is 5.03. The Labute approximate surface area is 78.5 Å². The molecule has 2 heteroatoms. The van der Waals surface area contributed by atoms with Crippen LogP contribution in [0.3, 0.4) is 0 Å². The lowest BCUT2D eigenvalue weighted by molar-refractivity contribution is 0.303. The predicted molar refractivity (Wildman–Crippen MR) is 53.7 cm³/mol. The van der Waals surface area contributed by atoms with Crippen LogP contribution < -0.4 is 4.74 Å². The molecule has 13 heavy (non-hydrogen) atoms. The first-order chi connectivity index (χ1) is 6.36.